The minimum atomic E-state index is -0.0537. The number of aromatic nitrogens is 1. The Labute approximate surface area is 164 Å². The third-order valence-electron chi connectivity index (χ3n) is 5.28. The fourth-order valence-electron chi connectivity index (χ4n) is 3.68. The minimum Gasteiger partial charge on any atom is -0.367 e. The molecule has 4 rings (SSSR count). The Morgan fingerprint density at radius 2 is 1.61 bits per heavy atom. The van der Waals surface area contributed by atoms with Gasteiger partial charge >= 0.3 is 0 Å². The topological polar surface area (TPSA) is 56.4 Å². The van der Waals surface area contributed by atoms with Crippen molar-refractivity contribution >= 4 is 11.7 Å². The van der Waals surface area contributed by atoms with E-state index in [9.17, 15) is 9.59 Å². The van der Waals surface area contributed by atoms with Crippen molar-refractivity contribution in [2.24, 2.45) is 0 Å². The van der Waals surface area contributed by atoms with E-state index in [-0.39, 0.29) is 17.7 Å². The molecule has 1 saturated heterocycles. The third-order valence-corrected chi connectivity index (χ3v) is 5.28. The Hall–Kier alpha value is -3.18. The lowest BCUT2D eigenvalue weighted by Gasteiger charge is -2.40. The molecule has 2 aromatic carbocycles. The number of nitrogens with one attached hydrogen (secondary N) is 1. The van der Waals surface area contributed by atoms with Crippen LogP contribution in [0.2, 0.25) is 0 Å². The summed E-state index contributed by atoms with van der Waals surface area (Å²) in [4.78, 5) is 32.7. The summed E-state index contributed by atoms with van der Waals surface area (Å²) in [5.41, 5.74) is 2.94. The van der Waals surface area contributed by atoms with Crippen LogP contribution < -0.4 is 0 Å². The smallest absolute Gasteiger partial charge is 0.254 e. The molecule has 1 fully saturated rings. The van der Waals surface area contributed by atoms with Crippen LogP contribution in [0.15, 0.2) is 73.1 Å². The van der Waals surface area contributed by atoms with E-state index < -0.39 is 0 Å². The first-order valence-electron chi connectivity index (χ1n) is 9.45. The average Bonchev–Trinajstić information content (AvgIpc) is 3.28. The lowest BCUT2D eigenvalue weighted by atomic mass is 10.00. The molecule has 28 heavy (non-hydrogen) atoms. The number of nitrogens with zero attached hydrogens (tertiary/aromatic N) is 2. The van der Waals surface area contributed by atoms with Crippen molar-refractivity contribution in [3.05, 3.63) is 95.3 Å². The summed E-state index contributed by atoms with van der Waals surface area (Å²) in [6, 6.07) is 18.9. The summed E-state index contributed by atoms with van der Waals surface area (Å²) >= 11 is 0. The van der Waals surface area contributed by atoms with Gasteiger partial charge in [-0.25, -0.2) is 0 Å². The number of benzene rings is 2. The quantitative estimate of drug-likeness (QED) is 0.714. The molecule has 0 saturated carbocycles. The number of carbonyl (C=O) groups excluding carboxylic acids is 2. The summed E-state index contributed by atoms with van der Waals surface area (Å²) in [5.74, 6) is -0.0513. The first-order valence-corrected chi connectivity index (χ1v) is 9.45. The molecule has 1 unspecified atom stereocenters. The zero-order valence-corrected chi connectivity index (χ0v) is 15.8. The van der Waals surface area contributed by atoms with Gasteiger partial charge in [-0.2, -0.15) is 0 Å². The molecule has 0 spiro atoms. The maximum Gasteiger partial charge on any atom is 0.254 e. The molecule has 1 aliphatic heterocycles. The summed E-state index contributed by atoms with van der Waals surface area (Å²) in [5, 5.41) is 0. The standard InChI is InChI=1S/C23H23N3O2/c1-25-13-14-26(21(16-25)17-5-3-2-4-6-17)23(28)19-9-7-18(8-10-19)22(27)20-11-12-24-15-20/h2-12,15,21,24H,13-14,16H2,1H3. The number of aromatic amines is 1. The zero-order chi connectivity index (χ0) is 19.5. The lowest BCUT2D eigenvalue weighted by Crippen LogP contribution is -2.49. The van der Waals surface area contributed by atoms with Gasteiger partial charge in [-0.3, -0.25) is 9.59 Å². The van der Waals surface area contributed by atoms with Crippen molar-refractivity contribution in [3.8, 4) is 0 Å². The van der Waals surface area contributed by atoms with E-state index in [0.29, 0.717) is 23.2 Å². The van der Waals surface area contributed by atoms with Crippen LogP contribution in [0.3, 0.4) is 0 Å². The summed E-state index contributed by atoms with van der Waals surface area (Å²) in [6.07, 6.45) is 3.40. The maximum atomic E-state index is 13.2. The molecule has 1 aliphatic rings. The molecule has 0 aliphatic carbocycles. The van der Waals surface area contributed by atoms with E-state index in [1.165, 1.54) is 0 Å². The second-order valence-corrected chi connectivity index (χ2v) is 7.19. The van der Waals surface area contributed by atoms with Crippen molar-refractivity contribution in [1.82, 2.24) is 14.8 Å². The van der Waals surface area contributed by atoms with E-state index in [2.05, 4.69) is 29.1 Å². The molecule has 2 heterocycles. The van der Waals surface area contributed by atoms with Gasteiger partial charge < -0.3 is 14.8 Å². The fraction of sp³-hybridized carbons (Fsp3) is 0.217. The normalized spacial score (nSPS) is 17.5. The highest BCUT2D eigenvalue weighted by Crippen LogP contribution is 2.26. The van der Waals surface area contributed by atoms with Gasteiger partial charge in [0.25, 0.3) is 5.91 Å². The van der Waals surface area contributed by atoms with Gasteiger partial charge in [-0.15, -0.1) is 0 Å². The van der Waals surface area contributed by atoms with Crippen LogP contribution in [0.1, 0.15) is 37.9 Å². The molecule has 5 heteroatoms. The van der Waals surface area contributed by atoms with E-state index in [4.69, 9.17) is 0 Å². The van der Waals surface area contributed by atoms with Crippen LogP contribution >= 0.6 is 0 Å². The Kier molecular flexibility index (Phi) is 5.08. The number of hydrogen-bond acceptors (Lipinski definition) is 3. The van der Waals surface area contributed by atoms with Crippen molar-refractivity contribution in [2.75, 3.05) is 26.7 Å². The second-order valence-electron chi connectivity index (χ2n) is 7.19. The van der Waals surface area contributed by atoms with Gasteiger partial charge in [0.15, 0.2) is 5.78 Å². The predicted molar refractivity (Wildman–Crippen MR) is 108 cm³/mol. The van der Waals surface area contributed by atoms with Crippen LogP contribution in [0.4, 0.5) is 0 Å². The number of piperazine rings is 1. The molecule has 142 valence electrons. The van der Waals surface area contributed by atoms with Crippen molar-refractivity contribution < 1.29 is 9.59 Å². The van der Waals surface area contributed by atoms with E-state index in [1.54, 1.807) is 42.7 Å². The third kappa shape index (κ3) is 3.62. The van der Waals surface area contributed by atoms with Crippen LogP contribution in [-0.4, -0.2) is 53.2 Å². The predicted octanol–water partition coefficient (Wildman–Crippen LogP) is 3.37. The van der Waals surface area contributed by atoms with E-state index in [0.717, 1.165) is 18.7 Å². The summed E-state index contributed by atoms with van der Waals surface area (Å²) in [7, 11) is 2.08. The Bertz CT molecular complexity index is 949. The molecule has 0 radical (unpaired) electrons. The van der Waals surface area contributed by atoms with Gasteiger partial charge in [0, 0.05) is 48.7 Å². The van der Waals surface area contributed by atoms with Crippen LogP contribution in [-0.2, 0) is 0 Å². The number of carbonyl (C=O) groups is 2. The Morgan fingerprint density at radius 1 is 0.893 bits per heavy atom. The molecule has 1 amide bonds. The van der Waals surface area contributed by atoms with Gasteiger partial charge in [0.2, 0.25) is 0 Å². The number of H-pyrrole nitrogens is 1. The van der Waals surface area contributed by atoms with Gasteiger partial charge in [0.05, 0.1) is 6.04 Å². The Morgan fingerprint density at radius 3 is 2.29 bits per heavy atom. The molecule has 5 nitrogen and oxygen atoms in total. The number of rotatable bonds is 4. The van der Waals surface area contributed by atoms with Crippen LogP contribution in [0, 0.1) is 0 Å². The maximum absolute atomic E-state index is 13.2. The molecular weight excluding hydrogens is 350 g/mol. The van der Waals surface area contributed by atoms with Gasteiger partial charge in [0.1, 0.15) is 0 Å². The first-order chi connectivity index (χ1) is 13.6. The number of ketones is 1. The minimum absolute atomic E-state index is 0.00240. The van der Waals surface area contributed by atoms with Gasteiger partial charge in [-0.05, 0) is 30.8 Å². The molecule has 0 bridgehead atoms. The molecule has 1 aromatic heterocycles. The first kappa shape index (κ1) is 18.2. The van der Waals surface area contributed by atoms with Crippen LogP contribution in [0.5, 0.6) is 0 Å². The van der Waals surface area contributed by atoms with E-state index in [1.807, 2.05) is 23.1 Å². The fourth-order valence-corrected chi connectivity index (χ4v) is 3.68. The Balaban J connectivity index is 1.56. The average molecular weight is 373 g/mol. The largest absolute Gasteiger partial charge is 0.367 e. The summed E-state index contributed by atoms with van der Waals surface area (Å²) < 4.78 is 0. The van der Waals surface area contributed by atoms with Crippen LogP contribution in [0.25, 0.3) is 0 Å². The second kappa shape index (κ2) is 7.82. The molecule has 1 atom stereocenters. The molecule has 1 N–H and O–H groups in total. The number of likely N-dealkylation sites (N-methyl/N-ethyl adjacent to an activating group) is 1. The van der Waals surface area contributed by atoms with Crippen molar-refractivity contribution in [2.45, 2.75) is 6.04 Å². The summed E-state index contributed by atoms with van der Waals surface area (Å²) in [6.45, 7) is 2.33. The SMILES string of the molecule is CN1CCN(C(=O)c2ccc(C(=O)c3cc[nH]c3)cc2)C(c2ccccc2)C1. The number of amides is 1. The monoisotopic (exact) mass is 373 g/mol. The highest BCUT2D eigenvalue weighted by molar-refractivity contribution is 6.09. The number of hydrogen-bond donors (Lipinski definition) is 1. The zero-order valence-electron chi connectivity index (χ0n) is 15.8. The van der Waals surface area contributed by atoms with E-state index >= 15 is 0 Å². The highest BCUT2D eigenvalue weighted by atomic mass is 16.2. The van der Waals surface area contributed by atoms with Crippen molar-refractivity contribution in [1.29, 1.82) is 0 Å². The lowest BCUT2D eigenvalue weighted by molar-refractivity contribution is 0.0498. The van der Waals surface area contributed by atoms with Crippen molar-refractivity contribution in [3.63, 3.8) is 0 Å². The molecule has 3 aromatic rings. The highest BCUT2D eigenvalue weighted by Gasteiger charge is 2.30. The molecular formula is C23H23N3O2. The van der Waals surface area contributed by atoms with Gasteiger partial charge in [-0.1, -0.05) is 42.5 Å².